The summed E-state index contributed by atoms with van der Waals surface area (Å²) in [5, 5.41) is 8.88. The number of nitrogens with zero attached hydrogens (tertiary/aromatic N) is 3. The van der Waals surface area contributed by atoms with Crippen LogP contribution in [0.2, 0.25) is 0 Å². The molecule has 1 aromatic rings. The van der Waals surface area contributed by atoms with E-state index >= 15 is 0 Å². The molecule has 0 spiro atoms. The van der Waals surface area contributed by atoms with Crippen molar-refractivity contribution in [2.75, 3.05) is 18.0 Å². The lowest BCUT2D eigenvalue weighted by molar-refractivity contribution is -0.142. The smallest absolute Gasteiger partial charge is 0.310 e. The molecule has 0 aliphatic carbocycles. The van der Waals surface area contributed by atoms with Gasteiger partial charge in [0.2, 0.25) is 10.0 Å². The van der Waals surface area contributed by atoms with Gasteiger partial charge in [0.1, 0.15) is 10.7 Å². The van der Waals surface area contributed by atoms with E-state index in [4.69, 9.17) is 5.11 Å². The second kappa shape index (κ2) is 6.45. The number of aliphatic carboxylic acids is 1. The largest absolute Gasteiger partial charge is 0.481 e. The number of pyridine rings is 1. The second-order valence-corrected chi connectivity index (χ2v) is 8.16. The summed E-state index contributed by atoms with van der Waals surface area (Å²) >= 11 is 0. The topological polar surface area (TPSA) is 90.8 Å². The number of anilines is 1. The summed E-state index contributed by atoms with van der Waals surface area (Å²) in [4.78, 5) is 17.0. The highest BCUT2D eigenvalue weighted by Gasteiger charge is 2.34. The van der Waals surface area contributed by atoms with Crippen LogP contribution in [-0.4, -0.2) is 54.0 Å². The number of aromatic nitrogens is 1. The van der Waals surface area contributed by atoms with Gasteiger partial charge in [-0.1, -0.05) is 0 Å². The van der Waals surface area contributed by atoms with Crippen molar-refractivity contribution in [2.24, 2.45) is 5.92 Å². The number of rotatable bonds is 6. The third kappa shape index (κ3) is 3.48. The van der Waals surface area contributed by atoms with Gasteiger partial charge in [-0.15, -0.1) is 0 Å². The highest BCUT2D eigenvalue weighted by molar-refractivity contribution is 7.89. The summed E-state index contributed by atoms with van der Waals surface area (Å²) in [6, 6.07) is 2.87. The normalized spacial score (nSPS) is 16.2. The molecule has 23 heavy (non-hydrogen) atoms. The molecule has 1 aromatic heterocycles. The highest BCUT2D eigenvalue weighted by atomic mass is 32.2. The fourth-order valence-corrected chi connectivity index (χ4v) is 4.59. The Morgan fingerprint density at radius 2 is 1.83 bits per heavy atom. The first-order valence-electron chi connectivity index (χ1n) is 7.62. The van der Waals surface area contributed by atoms with Crippen molar-refractivity contribution in [3.8, 4) is 0 Å². The third-order valence-corrected chi connectivity index (χ3v) is 6.10. The SMILES string of the molecule is CC(C)N(C(C)C)S(=O)(=O)c1ccc(N2CC(C(=O)O)C2)nc1. The molecule has 0 saturated carbocycles. The minimum atomic E-state index is -3.60. The van der Waals surface area contributed by atoms with Gasteiger partial charge in [-0.3, -0.25) is 4.79 Å². The van der Waals surface area contributed by atoms with E-state index in [-0.39, 0.29) is 22.9 Å². The van der Waals surface area contributed by atoms with Gasteiger partial charge >= 0.3 is 5.97 Å². The zero-order chi connectivity index (χ0) is 17.4. The monoisotopic (exact) mass is 341 g/mol. The molecule has 1 saturated heterocycles. The Hall–Kier alpha value is -1.67. The molecule has 0 radical (unpaired) electrons. The zero-order valence-electron chi connectivity index (χ0n) is 13.8. The van der Waals surface area contributed by atoms with Crippen LogP contribution >= 0.6 is 0 Å². The Kier molecular flexibility index (Phi) is 4.95. The molecule has 1 fully saturated rings. The van der Waals surface area contributed by atoms with Gasteiger partial charge in [0, 0.05) is 31.4 Å². The van der Waals surface area contributed by atoms with E-state index in [0.717, 1.165) is 0 Å². The van der Waals surface area contributed by atoms with E-state index < -0.39 is 16.0 Å². The summed E-state index contributed by atoms with van der Waals surface area (Å²) < 4.78 is 26.9. The molecular formula is C15H23N3O4S. The third-order valence-electron chi connectivity index (χ3n) is 3.87. The Balaban J connectivity index is 2.18. The Labute approximate surface area is 137 Å². The predicted molar refractivity (Wildman–Crippen MR) is 86.9 cm³/mol. The molecule has 1 aliphatic rings. The number of hydrogen-bond acceptors (Lipinski definition) is 5. The molecule has 0 atom stereocenters. The Morgan fingerprint density at radius 3 is 2.22 bits per heavy atom. The van der Waals surface area contributed by atoms with E-state index in [9.17, 15) is 13.2 Å². The number of carbonyl (C=O) groups is 1. The highest BCUT2D eigenvalue weighted by Crippen LogP contribution is 2.25. The second-order valence-electron chi connectivity index (χ2n) is 6.31. The Bertz CT molecular complexity index is 656. The average Bonchev–Trinajstić information content (AvgIpc) is 2.35. The summed E-state index contributed by atoms with van der Waals surface area (Å²) in [5.41, 5.74) is 0. The standard InChI is InChI=1S/C15H23N3O4S/c1-10(2)18(11(3)4)23(21,22)13-5-6-14(16-7-13)17-8-12(9-17)15(19)20/h5-7,10-12H,8-9H2,1-4H3,(H,19,20). The van der Waals surface area contributed by atoms with E-state index in [0.29, 0.717) is 18.9 Å². The molecule has 128 valence electrons. The van der Waals surface area contributed by atoms with Gasteiger partial charge in [0.15, 0.2) is 0 Å². The summed E-state index contributed by atoms with van der Waals surface area (Å²) in [6.07, 6.45) is 1.34. The molecule has 2 rings (SSSR count). The van der Waals surface area contributed by atoms with Crippen molar-refractivity contribution in [3.63, 3.8) is 0 Å². The average molecular weight is 341 g/mol. The summed E-state index contributed by atoms with van der Waals surface area (Å²) in [5.74, 6) is -0.593. The van der Waals surface area contributed by atoms with E-state index in [1.54, 1.807) is 6.07 Å². The molecule has 7 nitrogen and oxygen atoms in total. The minimum Gasteiger partial charge on any atom is -0.481 e. The maximum absolute atomic E-state index is 12.7. The maximum atomic E-state index is 12.7. The van der Waals surface area contributed by atoms with Gasteiger partial charge in [-0.25, -0.2) is 13.4 Å². The van der Waals surface area contributed by atoms with E-state index in [1.165, 1.54) is 16.6 Å². The van der Waals surface area contributed by atoms with Gasteiger partial charge < -0.3 is 10.0 Å². The van der Waals surface area contributed by atoms with Crippen LogP contribution in [0.4, 0.5) is 5.82 Å². The van der Waals surface area contributed by atoms with Crippen LogP contribution < -0.4 is 4.90 Å². The van der Waals surface area contributed by atoms with Gasteiger partial charge in [0.25, 0.3) is 0 Å². The van der Waals surface area contributed by atoms with Crippen LogP contribution in [0.5, 0.6) is 0 Å². The van der Waals surface area contributed by atoms with Crippen molar-refractivity contribution >= 4 is 21.8 Å². The van der Waals surface area contributed by atoms with Crippen molar-refractivity contribution in [1.82, 2.24) is 9.29 Å². The quantitative estimate of drug-likeness (QED) is 0.841. The van der Waals surface area contributed by atoms with Crippen molar-refractivity contribution < 1.29 is 18.3 Å². The first-order chi connectivity index (χ1) is 10.6. The first kappa shape index (κ1) is 17.7. The van der Waals surface area contributed by atoms with Crippen molar-refractivity contribution in [3.05, 3.63) is 18.3 Å². The molecule has 2 heterocycles. The molecule has 0 aromatic carbocycles. The number of hydrogen-bond donors (Lipinski definition) is 1. The fraction of sp³-hybridized carbons (Fsp3) is 0.600. The Morgan fingerprint density at radius 1 is 1.26 bits per heavy atom. The van der Waals surface area contributed by atoms with Crippen LogP contribution in [0.3, 0.4) is 0 Å². The molecule has 1 aliphatic heterocycles. The lowest BCUT2D eigenvalue weighted by Crippen LogP contribution is -2.50. The number of carboxylic acids is 1. The zero-order valence-corrected chi connectivity index (χ0v) is 14.6. The number of sulfonamides is 1. The van der Waals surface area contributed by atoms with Crippen LogP contribution in [-0.2, 0) is 14.8 Å². The molecule has 0 unspecified atom stereocenters. The van der Waals surface area contributed by atoms with Gasteiger partial charge in [-0.2, -0.15) is 4.31 Å². The molecule has 0 amide bonds. The van der Waals surface area contributed by atoms with Gasteiger partial charge in [-0.05, 0) is 39.8 Å². The van der Waals surface area contributed by atoms with E-state index in [1.807, 2.05) is 32.6 Å². The molecular weight excluding hydrogens is 318 g/mol. The lowest BCUT2D eigenvalue weighted by atomic mass is 10.0. The van der Waals surface area contributed by atoms with E-state index in [2.05, 4.69) is 4.98 Å². The van der Waals surface area contributed by atoms with Crippen LogP contribution in [0.25, 0.3) is 0 Å². The molecule has 1 N–H and O–H groups in total. The fourth-order valence-electron chi connectivity index (χ4n) is 2.81. The minimum absolute atomic E-state index is 0.147. The lowest BCUT2D eigenvalue weighted by Gasteiger charge is -2.37. The summed E-state index contributed by atoms with van der Waals surface area (Å²) in [6.45, 7) is 8.16. The maximum Gasteiger partial charge on any atom is 0.310 e. The van der Waals surface area contributed by atoms with Crippen LogP contribution in [0, 0.1) is 5.92 Å². The van der Waals surface area contributed by atoms with Crippen molar-refractivity contribution in [1.29, 1.82) is 0 Å². The number of carboxylic acid groups (broad SMARTS) is 1. The first-order valence-corrected chi connectivity index (χ1v) is 9.06. The molecule has 0 bridgehead atoms. The molecule has 8 heteroatoms. The predicted octanol–water partition coefficient (Wildman–Crippen LogP) is 1.41. The van der Waals surface area contributed by atoms with Gasteiger partial charge in [0.05, 0.1) is 5.92 Å². The van der Waals surface area contributed by atoms with Crippen LogP contribution in [0.1, 0.15) is 27.7 Å². The summed E-state index contributed by atoms with van der Waals surface area (Å²) in [7, 11) is -3.60. The van der Waals surface area contributed by atoms with Crippen LogP contribution in [0.15, 0.2) is 23.2 Å². The van der Waals surface area contributed by atoms with Crippen molar-refractivity contribution in [2.45, 2.75) is 44.7 Å².